The summed E-state index contributed by atoms with van der Waals surface area (Å²) in [6, 6.07) is 0.705. The molecule has 1 fully saturated rings. The first-order valence-corrected chi connectivity index (χ1v) is 6.26. The summed E-state index contributed by atoms with van der Waals surface area (Å²) < 4.78 is 36.9. The number of hydrogen-bond donors (Lipinski definition) is 1. The zero-order chi connectivity index (χ0) is 14.9. The molecule has 1 aliphatic rings. The number of likely N-dealkylation sites (tertiary alicyclic amines) is 1. The highest BCUT2D eigenvalue weighted by Gasteiger charge is 2.39. The molecule has 0 bridgehead atoms. The Morgan fingerprint density at radius 2 is 2.20 bits per heavy atom. The van der Waals surface area contributed by atoms with Crippen LogP contribution in [0.3, 0.4) is 0 Å². The zero-order valence-corrected chi connectivity index (χ0v) is 11.3. The lowest BCUT2D eigenvalue weighted by molar-refractivity contribution is -0.157. The maximum Gasteiger partial charge on any atom is 0.406 e. The number of halogens is 4. The topological polar surface area (TPSA) is 58.1 Å². The summed E-state index contributed by atoms with van der Waals surface area (Å²) in [6.45, 7) is 0.463. The highest BCUT2D eigenvalue weighted by Crippen LogP contribution is 2.23. The minimum Gasteiger partial charge on any atom is -0.358 e. The van der Waals surface area contributed by atoms with E-state index in [-0.39, 0.29) is 18.1 Å². The summed E-state index contributed by atoms with van der Waals surface area (Å²) in [5, 5.41) is 3.00. The number of rotatable bonds is 3. The van der Waals surface area contributed by atoms with Gasteiger partial charge in [0.1, 0.15) is 29.4 Å². The summed E-state index contributed by atoms with van der Waals surface area (Å²) >= 11 is 5.75. The smallest absolute Gasteiger partial charge is 0.358 e. The van der Waals surface area contributed by atoms with Gasteiger partial charge in [0.25, 0.3) is 0 Å². The number of aryl methyl sites for hydroxylation is 1. The number of nitrogens with one attached hydrogen (secondary N) is 1. The predicted octanol–water partition coefficient (Wildman–Crippen LogP) is 2.01. The van der Waals surface area contributed by atoms with Gasteiger partial charge < -0.3 is 10.2 Å². The normalized spacial score (nSPS) is 19.6. The third kappa shape index (κ3) is 3.72. The Morgan fingerprint density at radius 1 is 1.50 bits per heavy atom. The second kappa shape index (κ2) is 5.43. The van der Waals surface area contributed by atoms with Crippen LogP contribution in [0.5, 0.6) is 0 Å². The van der Waals surface area contributed by atoms with E-state index in [2.05, 4.69) is 15.3 Å². The lowest BCUT2D eigenvalue weighted by Crippen LogP contribution is -2.39. The summed E-state index contributed by atoms with van der Waals surface area (Å²) in [6.07, 6.45) is -4.10. The van der Waals surface area contributed by atoms with Crippen LogP contribution in [0.1, 0.15) is 12.2 Å². The molecule has 110 valence electrons. The van der Waals surface area contributed by atoms with Crippen LogP contribution in [-0.2, 0) is 4.79 Å². The molecule has 0 radical (unpaired) electrons. The SMILES string of the molecule is Cc1nc(Cl)cc(NC2CCN(CC(F)(F)F)C2=O)n1. The molecule has 0 aromatic carbocycles. The van der Waals surface area contributed by atoms with Gasteiger partial charge in [0, 0.05) is 12.6 Å². The zero-order valence-electron chi connectivity index (χ0n) is 10.5. The molecule has 1 aromatic heterocycles. The molecule has 1 saturated heterocycles. The summed E-state index contributed by atoms with van der Waals surface area (Å²) in [5.74, 6) is 0.155. The van der Waals surface area contributed by atoms with Gasteiger partial charge in [-0.15, -0.1) is 0 Å². The molecular weight excluding hydrogens is 297 g/mol. The Labute approximate surface area is 118 Å². The van der Waals surface area contributed by atoms with Gasteiger partial charge in [0.15, 0.2) is 0 Å². The van der Waals surface area contributed by atoms with Crippen LogP contribution in [0.4, 0.5) is 19.0 Å². The van der Waals surface area contributed by atoms with Crippen LogP contribution >= 0.6 is 11.6 Å². The van der Waals surface area contributed by atoms with E-state index in [0.29, 0.717) is 11.6 Å². The lowest BCUT2D eigenvalue weighted by Gasteiger charge is -2.18. The van der Waals surface area contributed by atoms with Gasteiger partial charge in [-0.05, 0) is 13.3 Å². The van der Waals surface area contributed by atoms with E-state index in [9.17, 15) is 18.0 Å². The van der Waals surface area contributed by atoms with Gasteiger partial charge in [-0.25, -0.2) is 9.97 Å². The molecule has 0 spiro atoms. The highest BCUT2D eigenvalue weighted by atomic mass is 35.5. The van der Waals surface area contributed by atoms with Crippen LogP contribution in [0.25, 0.3) is 0 Å². The third-order valence-corrected chi connectivity index (χ3v) is 2.99. The van der Waals surface area contributed by atoms with Gasteiger partial charge in [0.2, 0.25) is 5.91 Å². The van der Waals surface area contributed by atoms with Crippen molar-refractivity contribution in [3.05, 3.63) is 17.0 Å². The Bertz CT molecular complexity index is 503. The van der Waals surface area contributed by atoms with Crippen molar-refractivity contribution in [3.8, 4) is 0 Å². The van der Waals surface area contributed by atoms with E-state index in [0.717, 1.165) is 4.90 Å². The quantitative estimate of drug-likeness (QED) is 0.868. The fraction of sp³-hybridized carbons (Fsp3) is 0.545. The molecule has 0 saturated carbocycles. The molecule has 1 amide bonds. The fourth-order valence-corrected chi connectivity index (χ4v) is 2.26. The van der Waals surface area contributed by atoms with Gasteiger partial charge in [-0.1, -0.05) is 11.6 Å². The van der Waals surface area contributed by atoms with E-state index in [1.165, 1.54) is 6.07 Å². The molecule has 9 heteroatoms. The maximum absolute atomic E-state index is 12.3. The number of carbonyl (C=O) groups excluding carboxylic acids is 1. The van der Waals surface area contributed by atoms with Crippen LogP contribution in [0, 0.1) is 6.92 Å². The Hall–Kier alpha value is -1.57. The maximum atomic E-state index is 12.3. The van der Waals surface area contributed by atoms with Gasteiger partial charge in [0.05, 0.1) is 0 Å². The van der Waals surface area contributed by atoms with Crippen molar-refractivity contribution >= 4 is 23.3 Å². The average molecular weight is 309 g/mol. The van der Waals surface area contributed by atoms with E-state index in [1.54, 1.807) is 6.92 Å². The molecule has 1 atom stereocenters. The van der Waals surface area contributed by atoms with Gasteiger partial charge in [-0.2, -0.15) is 13.2 Å². The Morgan fingerprint density at radius 3 is 2.80 bits per heavy atom. The van der Waals surface area contributed by atoms with Crippen LogP contribution < -0.4 is 5.32 Å². The standard InChI is InChI=1S/C11H12ClF3N4O/c1-6-16-8(12)4-9(17-6)18-7-2-3-19(10(7)20)5-11(13,14)15/h4,7H,2-3,5H2,1H3,(H,16,17,18). The van der Waals surface area contributed by atoms with Crippen molar-refractivity contribution in [3.63, 3.8) is 0 Å². The molecule has 2 heterocycles. The van der Waals surface area contributed by atoms with Crippen LogP contribution in [0.2, 0.25) is 5.15 Å². The van der Waals surface area contributed by atoms with Gasteiger partial charge >= 0.3 is 6.18 Å². The van der Waals surface area contributed by atoms with E-state index >= 15 is 0 Å². The Balaban J connectivity index is 2.03. The largest absolute Gasteiger partial charge is 0.406 e. The monoisotopic (exact) mass is 308 g/mol. The first kappa shape index (κ1) is 14.8. The number of aromatic nitrogens is 2. The second-order valence-electron chi connectivity index (χ2n) is 4.48. The van der Waals surface area contributed by atoms with Crippen molar-refractivity contribution in [2.75, 3.05) is 18.4 Å². The molecule has 0 aliphatic carbocycles. The van der Waals surface area contributed by atoms with Crippen molar-refractivity contribution < 1.29 is 18.0 Å². The first-order valence-electron chi connectivity index (χ1n) is 5.88. The van der Waals surface area contributed by atoms with Crippen molar-refractivity contribution in [2.24, 2.45) is 0 Å². The molecule has 1 aromatic rings. The van der Waals surface area contributed by atoms with E-state index in [1.807, 2.05) is 0 Å². The lowest BCUT2D eigenvalue weighted by atomic mass is 10.2. The van der Waals surface area contributed by atoms with Crippen molar-refractivity contribution in [2.45, 2.75) is 25.6 Å². The number of amides is 1. The second-order valence-corrected chi connectivity index (χ2v) is 4.87. The van der Waals surface area contributed by atoms with Crippen molar-refractivity contribution in [1.29, 1.82) is 0 Å². The number of carbonyl (C=O) groups is 1. The van der Waals surface area contributed by atoms with Crippen LogP contribution in [0.15, 0.2) is 6.07 Å². The molecule has 1 N–H and O–H groups in total. The fourth-order valence-electron chi connectivity index (χ4n) is 2.03. The summed E-state index contributed by atoms with van der Waals surface area (Å²) in [7, 11) is 0. The third-order valence-electron chi connectivity index (χ3n) is 2.80. The van der Waals surface area contributed by atoms with E-state index in [4.69, 9.17) is 11.6 Å². The van der Waals surface area contributed by atoms with Gasteiger partial charge in [-0.3, -0.25) is 4.79 Å². The highest BCUT2D eigenvalue weighted by molar-refractivity contribution is 6.29. The average Bonchev–Trinajstić information content (AvgIpc) is 2.58. The first-order chi connectivity index (χ1) is 9.24. The Kier molecular flexibility index (Phi) is 4.03. The molecule has 2 rings (SSSR count). The molecule has 1 aliphatic heterocycles. The number of alkyl halides is 3. The molecule has 5 nitrogen and oxygen atoms in total. The number of anilines is 1. The minimum absolute atomic E-state index is 0.0633. The van der Waals surface area contributed by atoms with Crippen LogP contribution in [-0.4, -0.2) is 46.1 Å². The number of hydrogen-bond acceptors (Lipinski definition) is 4. The summed E-state index contributed by atoms with van der Waals surface area (Å²) in [4.78, 5) is 20.5. The summed E-state index contributed by atoms with van der Waals surface area (Å²) in [5.41, 5.74) is 0. The van der Waals surface area contributed by atoms with Crippen molar-refractivity contribution in [1.82, 2.24) is 14.9 Å². The predicted molar refractivity (Wildman–Crippen MR) is 66.4 cm³/mol. The molecule has 1 unspecified atom stereocenters. The van der Waals surface area contributed by atoms with E-state index < -0.39 is 24.7 Å². The number of nitrogens with zero attached hydrogens (tertiary/aromatic N) is 3. The molecular formula is C11H12ClF3N4O. The minimum atomic E-state index is -4.39. The molecule has 20 heavy (non-hydrogen) atoms.